The number of carbonyl (C=O) groups excluding carboxylic acids is 2. The highest BCUT2D eigenvalue weighted by atomic mass is 19.4. The molecule has 0 aliphatic carbocycles. The van der Waals surface area contributed by atoms with Gasteiger partial charge in [0.05, 0.1) is 32.2 Å². The summed E-state index contributed by atoms with van der Waals surface area (Å²) in [5.74, 6) is 0.416. The molecular weight excluding hydrogens is 343 g/mol. The van der Waals surface area contributed by atoms with Gasteiger partial charge in [0.25, 0.3) is 0 Å². The zero-order chi connectivity index (χ0) is 18.3. The smallest absolute Gasteiger partial charge is 0.405 e. The van der Waals surface area contributed by atoms with Crippen LogP contribution < -0.4 is 10.6 Å². The second kappa shape index (κ2) is 8.38. The first-order valence-electron chi connectivity index (χ1n) is 7.23. The molecule has 0 radical (unpaired) electrons. The molecule has 10 heteroatoms. The molecule has 2 aromatic heterocycles. The summed E-state index contributed by atoms with van der Waals surface area (Å²) in [5.41, 5.74) is 0. The van der Waals surface area contributed by atoms with E-state index in [1.54, 1.807) is 34.5 Å². The summed E-state index contributed by atoms with van der Waals surface area (Å²) in [6.45, 7) is -1.24. The van der Waals surface area contributed by atoms with Crippen molar-refractivity contribution in [2.24, 2.45) is 0 Å². The number of amides is 3. The minimum atomic E-state index is -4.55. The van der Waals surface area contributed by atoms with Crippen LogP contribution in [-0.2, 0) is 17.9 Å². The molecule has 3 amide bonds. The average molecular weight is 359 g/mol. The van der Waals surface area contributed by atoms with Gasteiger partial charge >= 0.3 is 12.2 Å². The molecule has 2 N–H and O–H groups in total. The largest absolute Gasteiger partial charge is 0.468 e. The Bertz CT molecular complexity index is 633. The number of halogens is 3. The number of nitrogens with zero attached hydrogens (tertiary/aromatic N) is 1. The van der Waals surface area contributed by atoms with E-state index in [0.29, 0.717) is 11.5 Å². The van der Waals surface area contributed by atoms with E-state index in [-0.39, 0.29) is 19.6 Å². The Morgan fingerprint density at radius 3 is 2.04 bits per heavy atom. The van der Waals surface area contributed by atoms with Crippen molar-refractivity contribution in [1.82, 2.24) is 15.5 Å². The van der Waals surface area contributed by atoms with Crippen LogP contribution in [0.5, 0.6) is 0 Å². The number of carbonyl (C=O) groups is 2. The third kappa shape index (κ3) is 7.12. The maximum Gasteiger partial charge on any atom is 0.405 e. The van der Waals surface area contributed by atoms with E-state index in [0.717, 1.165) is 0 Å². The predicted molar refractivity (Wildman–Crippen MR) is 79.1 cm³/mol. The summed E-state index contributed by atoms with van der Waals surface area (Å²) in [5, 5.41) is 3.42. The van der Waals surface area contributed by atoms with Crippen LogP contribution in [0.25, 0.3) is 0 Å². The number of alkyl halides is 3. The number of hydrogen-bond donors (Lipinski definition) is 2. The Balaban J connectivity index is 1.88. The zero-order valence-electron chi connectivity index (χ0n) is 13.0. The molecule has 2 rings (SSSR count). The standard InChI is InChI=1S/C15H16F3N3O4/c16-15(17,18)10-19-14(23)20-13(22)9-21(7-11-3-1-5-24-11)8-12-4-2-6-25-12/h1-6H,7-10H2,(H2,19,20,22,23). The van der Waals surface area contributed by atoms with Crippen molar-refractivity contribution < 1.29 is 31.6 Å². The maximum atomic E-state index is 12.0. The van der Waals surface area contributed by atoms with E-state index in [1.165, 1.54) is 12.5 Å². The van der Waals surface area contributed by atoms with Crippen molar-refractivity contribution >= 4 is 11.9 Å². The molecule has 0 fully saturated rings. The van der Waals surface area contributed by atoms with E-state index in [2.05, 4.69) is 0 Å². The molecule has 2 aromatic rings. The molecule has 0 saturated carbocycles. The molecule has 25 heavy (non-hydrogen) atoms. The van der Waals surface area contributed by atoms with Gasteiger partial charge in [0.2, 0.25) is 5.91 Å². The van der Waals surface area contributed by atoms with Gasteiger partial charge in [-0.3, -0.25) is 15.0 Å². The van der Waals surface area contributed by atoms with Gasteiger partial charge in [0.1, 0.15) is 18.1 Å². The number of furan rings is 2. The molecule has 0 spiro atoms. The van der Waals surface area contributed by atoms with E-state index in [9.17, 15) is 22.8 Å². The summed E-state index contributed by atoms with van der Waals surface area (Å²) in [7, 11) is 0. The van der Waals surface area contributed by atoms with Crippen LogP contribution in [0.3, 0.4) is 0 Å². The molecule has 7 nitrogen and oxygen atoms in total. The van der Waals surface area contributed by atoms with Gasteiger partial charge < -0.3 is 14.2 Å². The third-order valence-corrected chi connectivity index (χ3v) is 2.99. The summed E-state index contributed by atoms with van der Waals surface area (Å²) >= 11 is 0. The van der Waals surface area contributed by atoms with Gasteiger partial charge in [-0.2, -0.15) is 13.2 Å². The van der Waals surface area contributed by atoms with Gasteiger partial charge in [-0.15, -0.1) is 0 Å². The fraction of sp³-hybridized carbons (Fsp3) is 0.333. The third-order valence-electron chi connectivity index (χ3n) is 2.99. The maximum absolute atomic E-state index is 12.0. The molecule has 0 unspecified atom stereocenters. The first-order valence-corrected chi connectivity index (χ1v) is 7.23. The van der Waals surface area contributed by atoms with E-state index in [4.69, 9.17) is 8.83 Å². The molecule has 0 aliphatic heterocycles. The van der Waals surface area contributed by atoms with Crippen molar-refractivity contribution in [2.45, 2.75) is 19.3 Å². The van der Waals surface area contributed by atoms with Gasteiger partial charge in [-0.25, -0.2) is 4.79 Å². The highest BCUT2D eigenvalue weighted by molar-refractivity contribution is 5.95. The average Bonchev–Trinajstić information content (AvgIpc) is 3.18. The van der Waals surface area contributed by atoms with Crippen LogP contribution in [0.4, 0.5) is 18.0 Å². The second-order valence-electron chi connectivity index (χ2n) is 5.15. The van der Waals surface area contributed by atoms with Crippen LogP contribution >= 0.6 is 0 Å². The highest BCUT2D eigenvalue weighted by Gasteiger charge is 2.28. The van der Waals surface area contributed by atoms with Gasteiger partial charge in [0.15, 0.2) is 0 Å². The summed E-state index contributed by atoms with van der Waals surface area (Å²) in [6.07, 6.45) is -1.60. The lowest BCUT2D eigenvalue weighted by molar-refractivity contribution is -0.125. The summed E-state index contributed by atoms with van der Waals surface area (Å²) < 4.78 is 46.5. The SMILES string of the molecule is O=C(CN(Cc1ccco1)Cc1ccco1)NC(=O)NCC(F)(F)F. The fourth-order valence-electron chi connectivity index (χ4n) is 2.01. The minimum Gasteiger partial charge on any atom is -0.468 e. The van der Waals surface area contributed by atoms with Crippen LogP contribution in [-0.4, -0.2) is 36.1 Å². The Kier molecular flexibility index (Phi) is 6.23. The molecule has 0 atom stereocenters. The van der Waals surface area contributed by atoms with Crippen molar-refractivity contribution in [3.8, 4) is 0 Å². The van der Waals surface area contributed by atoms with Crippen LogP contribution in [0.2, 0.25) is 0 Å². The zero-order valence-corrected chi connectivity index (χ0v) is 13.0. The molecule has 0 saturated heterocycles. The molecular formula is C15H16F3N3O4. The Hall–Kier alpha value is -2.75. The van der Waals surface area contributed by atoms with Crippen LogP contribution in [0.15, 0.2) is 45.6 Å². The van der Waals surface area contributed by atoms with Crippen LogP contribution in [0, 0.1) is 0 Å². The molecule has 2 heterocycles. The lowest BCUT2D eigenvalue weighted by Crippen LogP contribution is -2.46. The number of hydrogen-bond acceptors (Lipinski definition) is 5. The molecule has 0 aromatic carbocycles. The number of urea groups is 1. The monoisotopic (exact) mass is 359 g/mol. The van der Waals surface area contributed by atoms with Crippen LogP contribution in [0.1, 0.15) is 11.5 Å². The lowest BCUT2D eigenvalue weighted by Gasteiger charge is -2.19. The molecule has 0 bridgehead atoms. The van der Waals surface area contributed by atoms with E-state index >= 15 is 0 Å². The van der Waals surface area contributed by atoms with Crippen molar-refractivity contribution in [1.29, 1.82) is 0 Å². The van der Waals surface area contributed by atoms with E-state index in [1.807, 2.05) is 5.32 Å². The highest BCUT2D eigenvalue weighted by Crippen LogP contribution is 2.12. The number of imide groups is 1. The van der Waals surface area contributed by atoms with Gasteiger partial charge in [-0.1, -0.05) is 0 Å². The first kappa shape index (κ1) is 18.6. The first-order chi connectivity index (χ1) is 11.8. The van der Waals surface area contributed by atoms with Crippen molar-refractivity contribution in [3.63, 3.8) is 0 Å². The van der Waals surface area contributed by atoms with Gasteiger partial charge in [0, 0.05) is 0 Å². The lowest BCUT2D eigenvalue weighted by atomic mass is 10.3. The molecule has 136 valence electrons. The second-order valence-corrected chi connectivity index (χ2v) is 5.15. The topological polar surface area (TPSA) is 87.7 Å². The quantitative estimate of drug-likeness (QED) is 0.792. The summed E-state index contributed by atoms with van der Waals surface area (Å²) in [4.78, 5) is 24.8. The number of nitrogens with one attached hydrogen (secondary N) is 2. The predicted octanol–water partition coefficient (Wildman–Crippen LogP) is 2.26. The summed E-state index contributed by atoms with van der Waals surface area (Å²) in [6, 6.07) is 5.58. The Labute approximate surface area is 140 Å². The van der Waals surface area contributed by atoms with E-state index < -0.39 is 24.7 Å². The Morgan fingerprint density at radius 1 is 1.04 bits per heavy atom. The Morgan fingerprint density at radius 2 is 1.60 bits per heavy atom. The fourth-order valence-corrected chi connectivity index (χ4v) is 2.01. The van der Waals surface area contributed by atoms with Crippen molar-refractivity contribution in [3.05, 3.63) is 48.3 Å². The normalized spacial score (nSPS) is 11.5. The van der Waals surface area contributed by atoms with Crippen molar-refractivity contribution in [2.75, 3.05) is 13.1 Å². The molecule has 0 aliphatic rings. The number of rotatable bonds is 7. The van der Waals surface area contributed by atoms with Gasteiger partial charge in [-0.05, 0) is 24.3 Å². The minimum absolute atomic E-state index is 0.235.